The molecular formula is C21H19BrClNO4. The average molecular weight is 465 g/mol. The van der Waals surface area contributed by atoms with Gasteiger partial charge in [0, 0.05) is 23.2 Å². The van der Waals surface area contributed by atoms with E-state index in [1.54, 1.807) is 12.1 Å². The Morgan fingerprint density at radius 3 is 2.71 bits per heavy atom. The lowest BCUT2D eigenvalue weighted by atomic mass is 9.97. The van der Waals surface area contributed by atoms with Crippen molar-refractivity contribution < 1.29 is 19.4 Å². The lowest BCUT2D eigenvalue weighted by molar-refractivity contribution is -0.139. The Balaban J connectivity index is 1.60. The fraction of sp³-hybridized carbons (Fsp3) is 0.286. The van der Waals surface area contributed by atoms with Gasteiger partial charge >= 0.3 is 5.97 Å². The maximum absolute atomic E-state index is 10.7. The second-order valence-corrected chi connectivity index (χ2v) is 8.19. The van der Waals surface area contributed by atoms with Crippen LogP contribution in [-0.4, -0.2) is 22.7 Å². The number of halogens is 2. The van der Waals surface area contributed by atoms with Gasteiger partial charge < -0.3 is 19.6 Å². The third-order valence-corrected chi connectivity index (χ3v) is 5.90. The molecule has 0 aliphatic heterocycles. The average Bonchev–Trinajstić information content (AvgIpc) is 3.32. The van der Waals surface area contributed by atoms with Crippen LogP contribution >= 0.6 is 27.5 Å². The van der Waals surface area contributed by atoms with Crippen LogP contribution in [0.5, 0.6) is 17.2 Å². The first-order chi connectivity index (χ1) is 13.5. The van der Waals surface area contributed by atoms with Crippen molar-refractivity contribution >= 4 is 44.4 Å². The Hall–Kier alpha value is -2.18. The van der Waals surface area contributed by atoms with Gasteiger partial charge in [-0.3, -0.25) is 0 Å². The number of rotatable bonds is 6. The highest BCUT2D eigenvalue weighted by atomic mass is 79.9. The summed E-state index contributed by atoms with van der Waals surface area (Å²) in [5, 5.41) is 10.2. The van der Waals surface area contributed by atoms with Crippen LogP contribution in [0.3, 0.4) is 0 Å². The van der Waals surface area contributed by atoms with E-state index in [-0.39, 0.29) is 0 Å². The summed E-state index contributed by atoms with van der Waals surface area (Å²) in [5.74, 6) is 1.06. The quantitative estimate of drug-likeness (QED) is 0.437. The predicted octanol–water partition coefficient (Wildman–Crippen LogP) is 6.50. The van der Waals surface area contributed by atoms with E-state index in [1.165, 1.54) is 36.6 Å². The van der Waals surface area contributed by atoms with Crippen molar-refractivity contribution in [2.45, 2.75) is 31.6 Å². The molecule has 28 heavy (non-hydrogen) atoms. The van der Waals surface area contributed by atoms with E-state index in [1.807, 2.05) is 18.2 Å². The fourth-order valence-electron chi connectivity index (χ4n) is 3.74. The SMILES string of the molecule is O=C(O)COc1cc(Cl)c(Oc2ccc3[nH]cc(C4CCCC4)c3c2)c(Br)c1. The molecule has 5 nitrogen and oxygen atoms in total. The Morgan fingerprint density at radius 1 is 1.21 bits per heavy atom. The fourth-order valence-corrected chi connectivity index (χ4v) is 4.62. The van der Waals surface area contributed by atoms with Gasteiger partial charge in [0.15, 0.2) is 12.4 Å². The van der Waals surface area contributed by atoms with Crippen LogP contribution in [0.25, 0.3) is 10.9 Å². The lowest BCUT2D eigenvalue weighted by Crippen LogP contribution is -2.09. The molecule has 0 unspecified atom stereocenters. The van der Waals surface area contributed by atoms with E-state index in [4.69, 9.17) is 26.2 Å². The summed E-state index contributed by atoms with van der Waals surface area (Å²) in [7, 11) is 0. The third kappa shape index (κ3) is 3.98. The van der Waals surface area contributed by atoms with Gasteiger partial charge in [-0.25, -0.2) is 4.79 Å². The molecule has 146 valence electrons. The zero-order valence-corrected chi connectivity index (χ0v) is 17.3. The molecule has 0 spiro atoms. The van der Waals surface area contributed by atoms with Crippen LogP contribution in [0, 0.1) is 0 Å². The van der Waals surface area contributed by atoms with Crippen LogP contribution in [-0.2, 0) is 4.79 Å². The summed E-state index contributed by atoms with van der Waals surface area (Å²) < 4.78 is 11.8. The number of hydrogen-bond donors (Lipinski definition) is 2. The van der Waals surface area contributed by atoms with Crippen LogP contribution in [0.2, 0.25) is 5.02 Å². The van der Waals surface area contributed by atoms with Gasteiger partial charge in [0.1, 0.15) is 11.5 Å². The standard InChI is InChI=1S/C21H19BrClNO4/c22-17-8-14(27-11-20(25)26)9-18(23)21(17)28-13-5-6-19-15(7-13)16(10-24-19)12-3-1-2-4-12/h5-10,12,24H,1-4,11H2,(H,25,26). The highest BCUT2D eigenvalue weighted by Crippen LogP contribution is 2.42. The predicted molar refractivity (Wildman–Crippen MR) is 112 cm³/mol. The number of aliphatic carboxylic acids is 1. The van der Waals surface area contributed by atoms with E-state index >= 15 is 0 Å². The monoisotopic (exact) mass is 463 g/mol. The van der Waals surface area contributed by atoms with Gasteiger partial charge in [-0.15, -0.1) is 0 Å². The normalized spacial score (nSPS) is 14.5. The largest absolute Gasteiger partial charge is 0.482 e. The number of carboxylic acids is 1. The van der Waals surface area contributed by atoms with Crippen molar-refractivity contribution in [3.63, 3.8) is 0 Å². The molecule has 2 aromatic carbocycles. The van der Waals surface area contributed by atoms with Crippen molar-refractivity contribution in [2.75, 3.05) is 6.61 Å². The molecule has 0 saturated heterocycles. The summed E-state index contributed by atoms with van der Waals surface area (Å²) in [4.78, 5) is 14.0. The first kappa shape index (κ1) is 19.2. The first-order valence-electron chi connectivity index (χ1n) is 9.14. The molecule has 1 saturated carbocycles. The van der Waals surface area contributed by atoms with Crippen molar-refractivity contribution in [1.29, 1.82) is 0 Å². The van der Waals surface area contributed by atoms with Crippen LogP contribution in [0.15, 0.2) is 41.0 Å². The minimum Gasteiger partial charge on any atom is -0.482 e. The molecule has 1 aliphatic carbocycles. The summed E-state index contributed by atoms with van der Waals surface area (Å²) in [5.41, 5.74) is 2.44. The smallest absolute Gasteiger partial charge is 0.341 e. The molecular weight excluding hydrogens is 446 g/mol. The molecule has 1 aliphatic rings. The lowest BCUT2D eigenvalue weighted by Gasteiger charge is -2.13. The second-order valence-electron chi connectivity index (χ2n) is 6.93. The molecule has 1 fully saturated rings. The van der Waals surface area contributed by atoms with Crippen molar-refractivity contribution in [3.8, 4) is 17.2 Å². The first-order valence-corrected chi connectivity index (χ1v) is 10.3. The molecule has 0 radical (unpaired) electrons. The minimum absolute atomic E-state index is 0.333. The van der Waals surface area contributed by atoms with Gasteiger partial charge in [0.05, 0.1) is 9.50 Å². The van der Waals surface area contributed by atoms with Crippen LogP contribution in [0.1, 0.15) is 37.2 Å². The minimum atomic E-state index is -1.05. The summed E-state index contributed by atoms with van der Waals surface area (Å²) >= 11 is 9.77. The third-order valence-electron chi connectivity index (χ3n) is 5.03. The number of aromatic amines is 1. The van der Waals surface area contributed by atoms with Gasteiger partial charge in [-0.2, -0.15) is 0 Å². The van der Waals surface area contributed by atoms with Crippen molar-refractivity contribution in [3.05, 3.63) is 51.6 Å². The highest BCUT2D eigenvalue weighted by molar-refractivity contribution is 9.10. The molecule has 7 heteroatoms. The zero-order chi connectivity index (χ0) is 19.7. The van der Waals surface area contributed by atoms with E-state index in [0.29, 0.717) is 32.7 Å². The molecule has 1 heterocycles. The summed E-state index contributed by atoms with van der Waals surface area (Å²) in [6.45, 7) is -0.433. The number of aromatic nitrogens is 1. The van der Waals surface area contributed by atoms with E-state index in [9.17, 15) is 4.79 Å². The number of benzene rings is 2. The molecule has 0 atom stereocenters. The molecule has 2 N–H and O–H groups in total. The van der Waals surface area contributed by atoms with Gasteiger partial charge in [0.25, 0.3) is 0 Å². The Labute approximate surface area is 175 Å². The maximum atomic E-state index is 10.7. The summed E-state index contributed by atoms with van der Waals surface area (Å²) in [6.07, 6.45) is 7.14. The maximum Gasteiger partial charge on any atom is 0.341 e. The molecule has 4 rings (SSSR count). The number of H-pyrrole nitrogens is 1. The zero-order valence-electron chi connectivity index (χ0n) is 15.0. The van der Waals surface area contributed by atoms with Crippen LogP contribution in [0.4, 0.5) is 0 Å². The van der Waals surface area contributed by atoms with Gasteiger partial charge in [-0.1, -0.05) is 24.4 Å². The number of ether oxygens (including phenoxy) is 2. The van der Waals surface area contributed by atoms with Gasteiger partial charge in [-0.05, 0) is 64.5 Å². The van der Waals surface area contributed by atoms with Crippen molar-refractivity contribution in [1.82, 2.24) is 4.98 Å². The molecule has 0 bridgehead atoms. The molecule has 0 amide bonds. The second kappa shape index (κ2) is 8.05. The number of carbonyl (C=O) groups is 1. The number of nitrogens with one attached hydrogen (secondary N) is 1. The molecule has 3 aromatic rings. The number of carboxylic acid groups (broad SMARTS) is 1. The summed E-state index contributed by atoms with van der Waals surface area (Å²) in [6, 6.07) is 9.13. The molecule has 1 aromatic heterocycles. The van der Waals surface area contributed by atoms with E-state index in [2.05, 4.69) is 27.1 Å². The topological polar surface area (TPSA) is 71.6 Å². The van der Waals surface area contributed by atoms with Crippen LogP contribution < -0.4 is 9.47 Å². The Kier molecular flexibility index (Phi) is 5.51. The number of fused-ring (bicyclic) bond motifs is 1. The van der Waals surface area contributed by atoms with E-state index < -0.39 is 12.6 Å². The highest BCUT2D eigenvalue weighted by Gasteiger charge is 2.20. The van der Waals surface area contributed by atoms with Crippen molar-refractivity contribution in [2.24, 2.45) is 0 Å². The van der Waals surface area contributed by atoms with E-state index in [0.717, 1.165) is 5.52 Å². The Morgan fingerprint density at radius 2 is 2.00 bits per heavy atom. The number of hydrogen-bond acceptors (Lipinski definition) is 3. The van der Waals surface area contributed by atoms with Gasteiger partial charge in [0.2, 0.25) is 0 Å². The Bertz CT molecular complexity index is 1000.